The van der Waals surface area contributed by atoms with Crippen LogP contribution >= 0.6 is 0 Å². The van der Waals surface area contributed by atoms with E-state index >= 15 is 0 Å². The van der Waals surface area contributed by atoms with Crippen molar-refractivity contribution in [1.82, 2.24) is 0 Å². The lowest BCUT2D eigenvalue weighted by atomic mass is 9.88. The first-order valence-electron chi connectivity index (χ1n) is 5.92. The van der Waals surface area contributed by atoms with E-state index in [4.69, 9.17) is 0 Å². The van der Waals surface area contributed by atoms with Gasteiger partial charge in [-0.15, -0.1) is 0 Å². The van der Waals surface area contributed by atoms with Crippen LogP contribution in [-0.2, 0) is 0 Å². The fourth-order valence-electron chi connectivity index (χ4n) is 1.80. The number of rotatable bonds is 7. The van der Waals surface area contributed by atoms with E-state index in [9.17, 15) is 10.2 Å². The second-order valence-electron chi connectivity index (χ2n) is 4.38. The van der Waals surface area contributed by atoms with Crippen molar-refractivity contribution in [1.29, 1.82) is 0 Å². The summed E-state index contributed by atoms with van der Waals surface area (Å²) in [6.45, 7) is 8.35. The Morgan fingerprint density at radius 1 is 0.929 bits per heavy atom. The number of aliphatic hydroxyl groups excluding tert-OH is 2. The molecule has 0 saturated heterocycles. The largest absolute Gasteiger partial charge is 0.390 e. The van der Waals surface area contributed by atoms with Gasteiger partial charge in [-0.1, -0.05) is 47.0 Å². The Morgan fingerprint density at radius 3 is 1.79 bits per heavy atom. The molecule has 86 valence electrons. The Hall–Kier alpha value is -0.0800. The van der Waals surface area contributed by atoms with Gasteiger partial charge in [0.1, 0.15) is 0 Å². The Bertz CT molecular complexity index is 132. The van der Waals surface area contributed by atoms with Gasteiger partial charge in [0.15, 0.2) is 0 Å². The van der Waals surface area contributed by atoms with Crippen molar-refractivity contribution < 1.29 is 10.2 Å². The first-order chi connectivity index (χ1) is 6.56. The van der Waals surface area contributed by atoms with Crippen LogP contribution in [0.5, 0.6) is 0 Å². The lowest BCUT2D eigenvalue weighted by Crippen LogP contribution is -2.34. The van der Waals surface area contributed by atoms with E-state index in [1.165, 1.54) is 0 Å². The molecule has 3 unspecified atom stereocenters. The van der Waals surface area contributed by atoms with Crippen LogP contribution in [0.25, 0.3) is 0 Å². The van der Waals surface area contributed by atoms with Crippen LogP contribution < -0.4 is 0 Å². The van der Waals surface area contributed by atoms with Gasteiger partial charge in [0.25, 0.3) is 0 Å². The van der Waals surface area contributed by atoms with Crippen molar-refractivity contribution in [2.75, 3.05) is 0 Å². The molecule has 0 aliphatic rings. The molecular formula is C12H26O2. The topological polar surface area (TPSA) is 40.5 Å². The zero-order chi connectivity index (χ0) is 11.1. The molecule has 0 aromatic heterocycles. The fourth-order valence-corrected chi connectivity index (χ4v) is 1.80. The Labute approximate surface area is 88.3 Å². The van der Waals surface area contributed by atoms with Gasteiger partial charge in [0, 0.05) is 0 Å². The third-order valence-electron chi connectivity index (χ3n) is 3.27. The molecule has 0 aliphatic heterocycles. The molecule has 0 saturated carbocycles. The van der Waals surface area contributed by atoms with Crippen LogP contribution in [0.15, 0.2) is 0 Å². The third-order valence-corrected chi connectivity index (χ3v) is 3.27. The van der Waals surface area contributed by atoms with Gasteiger partial charge < -0.3 is 10.2 Å². The van der Waals surface area contributed by atoms with Gasteiger partial charge in [-0.05, 0) is 18.3 Å². The minimum absolute atomic E-state index is 0.244. The van der Waals surface area contributed by atoms with Crippen molar-refractivity contribution in [2.24, 2.45) is 11.8 Å². The van der Waals surface area contributed by atoms with Gasteiger partial charge in [-0.25, -0.2) is 0 Å². The van der Waals surface area contributed by atoms with Crippen molar-refractivity contribution in [3.63, 3.8) is 0 Å². The van der Waals surface area contributed by atoms with E-state index in [0.29, 0.717) is 12.3 Å². The van der Waals surface area contributed by atoms with E-state index in [1.807, 2.05) is 0 Å². The predicted octanol–water partition coefficient (Wildman–Crippen LogP) is 2.58. The molecule has 2 heteroatoms. The summed E-state index contributed by atoms with van der Waals surface area (Å²) in [7, 11) is 0. The molecule has 3 atom stereocenters. The lowest BCUT2D eigenvalue weighted by molar-refractivity contribution is -0.0298. The van der Waals surface area contributed by atoms with Crippen LogP contribution in [0.3, 0.4) is 0 Å². The molecule has 0 amide bonds. The molecule has 2 N–H and O–H groups in total. The molecule has 0 spiro atoms. The Balaban J connectivity index is 4.02. The summed E-state index contributed by atoms with van der Waals surface area (Å²) < 4.78 is 0. The lowest BCUT2D eigenvalue weighted by Gasteiger charge is -2.26. The maximum Gasteiger partial charge on any atom is 0.0827 e. The smallest absolute Gasteiger partial charge is 0.0827 e. The van der Waals surface area contributed by atoms with Crippen LogP contribution in [-0.4, -0.2) is 22.4 Å². The van der Waals surface area contributed by atoms with Crippen molar-refractivity contribution in [3.8, 4) is 0 Å². The second-order valence-corrected chi connectivity index (χ2v) is 4.38. The quantitative estimate of drug-likeness (QED) is 0.666. The van der Waals surface area contributed by atoms with Crippen molar-refractivity contribution in [2.45, 2.75) is 65.6 Å². The van der Waals surface area contributed by atoms with Gasteiger partial charge in [-0.2, -0.15) is 0 Å². The van der Waals surface area contributed by atoms with Gasteiger partial charge >= 0.3 is 0 Å². The maximum atomic E-state index is 9.87. The summed E-state index contributed by atoms with van der Waals surface area (Å²) in [6.07, 6.45) is 2.57. The minimum Gasteiger partial charge on any atom is -0.390 e. The second kappa shape index (κ2) is 7.24. The summed E-state index contributed by atoms with van der Waals surface area (Å²) in [4.78, 5) is 0. The Kier molecular flexibility index (Phi) is 7.20. The average Bonchev–Trinajstić information content (AvgIpc) is 2.19. The predicted molar refractivity (Wildman–Crippen MR) is 60.2 cm³/mol. The first-order valence-corrected chi connectivity index (χ1v) is 5.92. The zero-order valence-corrected chi connectivity index (χ0v) is 10.0. The monoisotopic (exact) mass is 202 g/mol. The van der Waals surface area contributed by atoms with E-state index in [-0.39, 0.29) is 5.92 Å². The number of aliphatic hydroxyl groups is 2. The standard InChI is InChI=1S/C12H26O2/c1-5-9(4)8-11(13)12(14)10(6-2)7-3/h9-14H,5-8H2,1-4H3. The Morgan fingerprint density at radius 2 is 1.43 bits per heavy atom. The van der Waals surface area contributed by atoms with Gasteiger partial charge in [0.2, 0.25) is 0 Å². The van der Waals surface area contributed by atoms with Crippen molar-refractivity contribution in [3.05, 3.63) is 0 Å². The summed E-state index contributed by atoms with van der Waals surface area (Å²) in [5.74, 6) is 0.739. The summed E-state index contributed by atoms with van der Waals surface area (Å²) >= 11 is 0. The average molecular weight is 202 g/mol. The molecule has 2 nitrogen and oxygen atoms in total. The van der Waals surface area contributed by atoms with Crippen LogP contribution in [0.4, 0.5) is 0 Å². The van der Waals surface area contributed by atoms with E-state index in [1.54, 1.807) is 0 Å². The van der Waals surface area contributed by atoms with Crippen LogP contribution in [0.1, 0.15) is 53.4 Å². The molecular weight excluding hydrogens is 176 g/mol. The summed E-state index contributed by atoms with van der Waals surface area (Å²) in [6, 6.07) is 0. The molecule has 0 aromatic carbocycles. The SMILES string of the molecule is CCC(C)CC(O)C(O)C(CC)CC. The molecule has 0 aliphatic carbocycles. The highest BCUT2D eigenvalue weighted by molar-refractivity contribution is 4.75. The molecule has 0 rings (SSSR count). The van der Waals surface area contributed by atoms with E-state index < -0.39 is 12.2 Å². The molecule has 0 aromatic rings. The first kappa shape index (κ1) is 13.9. The van der Waals surface area contributed by atoms with E-state index in [2.05, 4.69) is 27.7 Å². The third kappa shape index (κ3) is 4.43. The van der Waals surface area contributed by atoms with E-state index in [0.717, 1.165) is 19.3 Å². The molecule has 0 fully saturated rings. The van der Waals surface area contributed by atoms with Gasteiger partial charge in [0.05, 0.1) is 12.2 Å². The highest BCUT2D eigenvalue weighted by atomic mass is 16.3. The van der Waals surface area contributed by atoms with Crippen LogP contribution in [0, 0.1) is 11.8 Å². The fraction of sp³-hybridized carbons (Fsp3) is 1.00. The maximum absolute atomic E-state index is 9.87. The van der Waals surface area contributed by atoms with Crippen molar-refractivity contribution >= 4 is 0 Å². The summed E-state index contributed by atoms with van der Waals surface area (Å²) in [5, 5.41) is 19.7. The minimum atomic E-state index is -0.546. The number of hydrogen-bond donors (Lipinski definition) is 2. The molecule has 0 bridgehead atoms. The normalized spacial score (nSPS) is 18.2. The molecule has 14 heavy (non-hydrogen) atoms. The van der Waals surface area contributed by atoms with Crippen LogP contribution in [0.2, 0.25) is 0 Å². The number of hydrogen-bond acceptors (Lipinski definition) is 2. The highest BCUT2D eigenvalue weighted by Crippen LogP contribution is 2.20. The summed E-state index contributed by atoms with van der Waals surface area (Å²) in [5.41, 5.74) is 0. The highest BCUT2D eigenvalue weighted by Gasteiger charge is 2.24. The molecule has 0 radical (unpaired) electrons. The molecule has 0 heterocycles. The zero-order valence-electron chi connectivity index (χ0n) is 10.0. The van der Waals surface area contributed by atoms with Gasteiger partial charge in [-0.3, -0.25) is 0 Å².